The minimum atomic E-state index is -3.94. The molecule has 138 valence electrons. The predicted molar refractivity (Wildman–Crippen MR) is 99.3 cm³/mol. The van der Waals surface area contributed by atoms with Crippen LogP contribution in [0.15, 0.2) is 47.4 Å². The maximum atomic E-state index is 12.6. The Morgan fingerprint density at radius 2 is 1.85 bits per heavy atom. The Labute approximate surface area is 156 Å². The van der Waals surface area contributed by atoms with E-state index in [4.69, 9.17) is 11.6 Å². The van der Waals surface area contributed by atoms with Crippen molar-refractivity contribution in [3.63, 3.8) is 0 Å². The average Bonchev–Trinajstić information content (AvgIpc) is 2.82. The van der Waals surface area contributed by atoms with Crippen LogP contribution in [0.3, 0.4) is 0 Å². The molecule has 10 heteroatoms. The fourth-order valence-corrected chi connectivity index (χ4v) is 5.67. The molecule has 1 aliphatic rings. The maximum Gasteiger partial charge on any atom is 0.262 e. The van der Waals surface area contributed by atoms with Gasteiger partial charge in [0, 0.05) is 6.42 Å². The lowest BCUT2D eigenvalue weighted by Gasteiger charge is -2.17. The molecule has 0 aromatic heterocycles. The van der Waals surface area contributed by atoms with E-state index in [1.54, 1.807) is 18.2 Å². The fourth-order valence-electron chi connectivity index (χ4n) is 2.67. The van der Waals surface area contributed by atoms with Gasteiger partial charge in [-0.2, -0.15) is 0 Å². The average molecular weight is 415 g/mol. The third-order valence-corrected chi connectivity index (χ3v) is 7.43. The van der Waals surface area contributed by atoms with Crippen LogP contribution in [-0.4, -0.2) is 28.5 Å². The van der Waals surface area contributed by atoms with E-state index in [0.29, 0.717) is 5.56 Å². The minimum Gasteiger partial charge on any atom is -0.278 e. The Morgan fingerprint density at radius 1 is 1.15 bits per heavy atom. The van der Waals surface area contributed by atoms with Crippen LogP contribution in [0.1, 0.15) is 12.0 Å². The molecule has 3 rings (SSSR count). The second-order valence-corrected chi connectivity index (χ2v) is 9.75. The number of hydrogen-bond donors (Lipinski definition) is 1. The molecule has 0 aliphatic carbocycles. The SMILES string of the molecule is Cc1cc(N2C(=O)CCS2(=O)=O)ccc1S(=O)(=O)Nc1ccccc1Cl. The van der Waals surface area contributed by atoms with Gasteiger partial charge in [-0.1, -0.05) is 23.7 Å². The molecule has 0 bridgehead atoms. The number of hydrogen-bond acceptors (Lipinski definition) is 5. The highest BCUT2D eigenvalue weighted by atomic mass is 35.5. The van der Waals surface area contributed by atoms with E-state index in [0.717, 1.165) is 4.31 Å². The van der Waals surface area contributed by atoms with Gasteiger partial charge in [0.25, 0.3) is 10.0 Å². The number of nitrogens with one attached hydrogen (secondary N) is 1. The number of benzene rings is 2. The number of carbonyl (C=O) groups is 1. The van der Waals surface area contributed by atoms with Crippen LogP contribution in [-0.2, 0) is 24.8 Å². The van der Waals surface area contributed by atoms with Crippen LogP contribution in [0.2, 0.25) is 5.02 Å². The second-order valence-electron chi connectivity index (χ2n) is 5.76. The summed E-state index contributed by atoms with van der Waals surface area (Å²) >= 11 is 5.98. The number of halogens is 1. The summed E-state index contributed by atoms with van der Waals surface area (Å²) in [5, 5.41) is 0.249. The summed E-state index contributed by atoms with van der Waals surface area (Å²) in [6.07, 6.45) is -0.0878. The number of rotatable bonds is 4. The van der Waals surface area contributed by atoms with Gasteiger partial charge in [0.15, 0.2) is 0 Å². The van der Waals surface area contributed by atoms with Crippen LogP contribution >= 0.6 is 11.6 Å². The molecule has 1 N–H and O–H groups in total. The van der Waals surface area contributed by atoms with E-state index in [-0.39, 0.29) is 33.5 Å². The van der Waals surface area contributed by atoms with Gasteiger partial charge in [0.05, 0.1) is 27.0 Å². The molecule has 0 radical (unpaired) electrons. The summed E-state index contributed by atoms with van der Waals surface area (Å²) in [7, 11) is -7.64. The van der Waals surface area contributed by atoms with E-state index in [9.17, 15) is 21.6 Å². The van der Waals surface area contributed by atoms with Crippen molar-refractivity contribution in [3.8, 4) is 0 Å². The molecule has 2 aromatic rings. The monoisotopic (exact) mass is 414 g/mol. The first-order valence-electron chi connectivity index (χ1n) is 7.56. The molecule has 2 aromatic carbocycles. The summed E-state index contributed by atoms with van der Waals surface area (Å²) in [5.74, 6) is -0.784. The first-order valence-corrected chi connectivity index (χ1v) is 11.0. The molecule has 0 atom stereocenters. The molecule has 0 saturated carbocycles. The van der Waals surface area contributed by atoms with Crippen molar-refractivity contribution in [2.45, 2.75) is 18.2 Å². The summed E-state index contributed by atoms with van der Waals surface area (Å²) in [5.41, 5.74) is 0.661. The summed E-state index contributed by atoms with van der Waals surface area (Å²) in [4.78, 5) is 11.8. The highest BCUT2D eigenvalue weighted by molar-refractivity contribution is 7.94. The van der Waals surface area contributed by atoms with Crippen molar-refractivity contribution < 1.29 is 21.6 Å². The third kappa shape index (κ3) is 3.42. The molecular weight excluding hydrogens is 400 g/mol. The smallest absolute Gasteiger partial charge is 0.262 e. The van der Waals surface area contributed by atoms with Crippen molar-refractivity contribution in [2.75, 3.05) is 14.8 Å². The number of anilines is 2. The highest BCUT2D eigenvalue weighted by Gasteiger charge is 2.36. The van der Waals surface area contributed by atoms with Gasteiger partial charge in [-0.15, -0.1) is 0 Å². The van der Waals surface area contributed by atoms with Crippen molar-refractivity contribution in [2.24, 2.45) is 0 Å². The zero-order valence-corrected chi connectivity index (χ0v) is 16.0. The largest absolute Gasteiger partial charge is 0.278 e. The van der Waals surface area contributed by atoms with Gasteiger partial charge in [-0.25, -0.2) is 21.1 Å². The van der Waals surface area contributed by atoms with Crippen molar-refractivity contribution in [1.29, 1.82) is 0 Å². The quantitative estimate of drug-likeness (QED) is 0.828. The molecule has 1 aliphatic heterocycles. The van der Waals surface area contributed by atoms with Gasteiger partial charge in [-0.3, -0.25) is 9.52 Å². The predicted octanol–water partition coefficient (Wildman–Crippen LogP) is 2.52. The molecule has 1 saturated heterocycles. The summed E-state index contributed by atoms with van der Waals surface area (Å²) < 4.78 is 52.4. The molecule has 1 heterocycles. The van der Waals surface area contributed by atoms with E-state index in [2.05, 4.69) is 4.72 Å². The first kappa shape index (κ1) is 18.7. The van der Waals surface area contributed by atoms with Gasteiger partial charge in [-0.05, 0) is 42.8 Å². The Kier molecular flexibility index (Phi) is 4.72. The molecule has 7 nitrogen and oxygen atoms in total. The number of sulfonamides is 2. The van der Waals surface area contributed by atoms with E-state index in [1.807, 2.05) is 0 Å². The fraction of sp³-hybridized carbons (Fsp3) is 0.188. The van der Waals surface area contributed by atoms with Gasteiger partial charge in [0.2, 0.25) is 15.9 Å². The molecule has 1 fully saturated rings. The molecular formula is C16H15ClN2O5S2. The van der Waals surface area contributed by atoms with Crippen LogP contribution in [0.4, 0.5) is 11.4 Å². The molecule has 0 unspecified atom stereocenters. The van der Waals surface area contributed by atoms with Crippen LogP contribution in [0.25, 0.3) is 0 Å². The van der Waals surface area contributed by atoms with Crippen LogP contribution in [0.5, 0.6) is 0 Å². The third-order valence-electron chi connectivity index (χ3n) is 3.88. The highest BCUT2D eigenvalue weighted by Crippen LogP contribution is 2.30. The van der Waals surface area contributed by atoms with Crippen LogP contribution in [0, 0.1) is 6.92 Å². The lowest BCUT2D eigenvalue weighted by Crippen LogP contribution is -2.29. The Balaban J connectivity index is 1.97. The van der Waals surface area contributed by atoms with E-state index < -0.39 is 26.0 Å². The summed E-state index contributed by atoms with van der Waals surface area (Å²) in [6, 6.07) is 10.3. The molecule has 26 heavy (non-hydrogen) atoms. The topological polar surface area (TPSA) is 101 Å². The lowest BCUT2D eigenvalue weighted by molar-refractivity contribution is -0.116. The van der Waals surface area contributed by atoms with Gasteiger partial charge < -0.3 is 0 Å². The summed E-state index contributed by atoms with van der Waals surface area (Å²) in [6.45, 7) is 1.53. The lowest BCUT2D eigenvalue weighted by atomic mass is 10.2. The van der Waals surface area contributed by atoms with Crippen LogP contribution < -0.4 is 9.03 Å². The first-order chi connectivity index (χ1) is 12.1. The Hall–Kier alpha value is -2.10. The zero-order valence-electron chi connectivity index (χ0n) is 13.6. The molecule has 1 amide bonds. The number of para-hydroxylation sites is 1. The standard InChI is InChI=1S/C16H15ClN2O5S2/c1-11-10-12(19-16(20)8-9-25(19,21)22)6-7-15(11)26(23,24)18-14-5-3-2-4-13(14)17/h2-7,10,18H,8-9H2,1H3. The number of nitrogens with zero attached hydrogens (tertiary/aromatic N) is 1. The Morgan fingerprint density at radius 3 is 2.42 bits per heavy atom. The number of aryl methyl sites for hydroxylation is 1. The molecule has 0 spiro atoms. The number of carbonyl (C=O) groups excluding carboxylic acids is 1. The second kappa shape index (κ2) is 6.57. The van der Waals surface area contributed by atoms with E-state index in [1.165, 1.54) is 31.2 Å². The van der Waals surface area contributed by atoms with E-state index >= 15 is 0 Å². The van der Waals surface area contributed by atoms with Crippen molar-refractivity contribution >= 4 is 48.9 Å². The van der Waals surface area contributed by atoms with Crippen molar-refractivity contribution in [3.05, 3.63) is 53.1 Å². The zero-order chi connectivity index (χ0) is 19.1. The minimum absolute atomic E-state index is 0.0368. The van der Waals surface area contributed by atoms with Crippen molar-refractivity contribution in [1.82, 2.24) is 0 Å². The Bertz CT molecular complexity index is 1100. The normalized spacial score (nSPS) is 16.7. The number of amides is 1. The van der Waals surface area contributed by atoms with Gasteiger partial charge in [0.1, 0.15) is 0 Å². The maximum absolute atomic E-state index is 12.6. The van der Waals surface area contributed by atoms with Gasteiger partial charge >= 0.3 is 0 Å².